The van der Waals surface area contributed by atoms with Crippen LogP contribution >= 0.6 is 15.6 Å². The summed E-state index contributed by atoms with van der Waals surface area (Å²) in [6, 6.07) is 0. The van der Waals surface area contributed by atoms with Crippen LogP contribution in [0, 0.1) is 23.7 Å². The van der Waals surface area contributed by atoms with Gasteiger partial charge in [0.2, 0.25) is 0 Å². The molecule has 3 N–H and O–H groups in total. The smallest absolute Gasteiger partial charge is 0.462 e. The first-order valence-electron chi connectivity index (χ1n) is 34.7. The number of unbranched alkanes of at least 4 members (excludes halogenated alkanes) is 30. The average Bonchev–Trinajstić information content (AvgIpc) is 3.65. The molecule has 2 unspecified atom stereocenters. The van der Waals surface area contributed by atoms with Crippen LogP contribution in [0.2, 0.25) is 0 Å². The Balaban J connectivity index is 5.25. The quantitative estimate of drug-likeness (QED) is 0.0222. The molecule has 17 nitrogen and oxygen atoms in total. The number of hydrogen-bond acceptors (Lipinski definition) is 15. The Bertz CT molecular complexity index is 1710. The molecule has 0 aliphatic rings. The van der Waals surface area contributed by atoms with Crippen molar-refractivity contribution in [2.45, 2.75) is 343 Å². The Morgan fingerprint density at radius 1 is 0.291 bits per heavy atom. The zero-order valence-electron chi connectivity index (χ0n) is 55.9. The van der Waals surface area contributed by atoms with Gasteiger partial charge in [-0.2, -0.15) is 0 Å². The van der Waals surface area contributed by atoms with Crippen molar-refractivity contribution in [2.24, 2.45) is 23.7 Å². The van der Waals surface area contributed by atoms with Gasteiger partial charge in [-0.15, -0.1) is 0 Å². The van der Waals surface area contributed by atoms with Gasteiger partial charge in [-0.25, -0.2) is 9.13 Å². The number of ether oxygens (including phenoxy) is 4. The molecular weight excluding hydrogens is 1140 g/mol. The number of phosphoric ester groups is 2. The second kappa shape index (κ2) is 57.0. The van der Waals surface area contributed by atoms with E-state index in [1.165, 1.54) is 116 Å². The van der Waals surface area contributed by atoms with E-state index >= 15 is 0 Å². The van der Waals surface area contributed by atoms with Crippen LogP contribution in [0.15, 0.2) is 0 Å². The Labute approximate surface area is 524 Å². The summed E-state index contributed by atoms with van der Waals surface area (Å²) in [7, 11) is -9.90. The zero-order valence-corrected chi connectivity index (χ0v) is 57.7. The fraction of sp³-hybridized carbons (Fsp3) is 0.940. The van der Waals surface area contributed by atoms with Gasteiger partial charge in [-0.05, 0) is 49.4 Å². The molecule has 0 saturated carbocycles. The van der Waals surface area contributed by atoms with Crippen LogP contribution in [0.25, 0.3) is 0 Å². The maximum atomic E-state index is 13.0. The zero-order chi connectivity index (χ0) is 63.9. The predicted molar refractivity (Wildman–Crippen MR) is 344 cm³/mol. The minimum atomic E-state index is -4.95. The third-order valence-corrected chi connectivity index (χ3v) is 17.2. The van der Waals surface area contributed by atoms with E-state index in [4.69, 9.17) is 37.0 Å². The molecule has 19 heteroatoms. The van der Waals surface area contributed by atoms with Crippen molar-refractivity contribution >= 4 is 39.5 Å². The largest absolute Gasteiger partial charge is 0.472 e. The molecule has 0 aromatic rings. The van der Waals surface area contributed by atoms with Crippen LogP contribution in [0.3, 0.4) is 0 Å². The normalized spacial score (nSPS) is 14.4. The Hall–Kier alpha value is -1.94. The first kappa shape index (κ1) is 84.1. The molecule has 0 saturated heterocycles. The fourth-order valence-electron chi connectivity index (χ4n) is 9.96. The summed E-state index contributed by atoms with van der Waals surface area (Å²) < 4.78 is 68.1. The van der Waals surface area contributed by atoms with Gasteiger partial charge in [0.05, 0.1) is 26.4 Å². The molecule has 0 bridgehead atoms. The van der Waals surface area contributed by atoms with Crippen LogP contribution < -0.4 is 0 Å². The monoisotopic (exact) mass is 1270 g/mol. The first-order valence-corrected chi connectivity index (χ1v) is 37.7. The summed E-state index contributed by atoms with van der Waals surface area (Å²) in [6.07, 6.45) is 37.8. The van der Waals surface area contributed by atoms with E-state index in [1.807, 2.05) is 0 Å². The number of aliphatic hydroxyl groups is 1. The van der Waals surface area contributed by atoms with Gasteiger partial charge in [0.25, 0.3) is 0 Å². The summed E-state index contributed by atoms with van der Waals surface area (Å²) in [5, 5.41) is 10.6. The van der Waals surface area contributed by atoms with Crippen LogP contribution in [-0.4, -0.2) is 96.7 Å². The van der Waals surface area contributed by atoms with Crippen LogP contribution in [0.1, 0.15) is 325 Å². The van der Waals surface area contributed by atoms with E-state index in [0.717, 1.165) is 115 Å². The minimum Gasteiger partial charge on any atom is -0.462 e. The predicted octanol–water partition coefficient (Wildman–Crippen LogP) is 18.5. The Kier molecular flexibility index (Phi) is 55.7. The lowest BCUT2D eigenvalue weighted by atomic mass is 10.0. The molecule has 0 spiro atoms. The van der Waals surface area contributed by atoms with Gasteiger partial charge in [0, 0.05) is 25.7 Å². The van der Waals surface area contributed by atoms with Crippen molar-refractivity contribution in [1.29, 1.82) is 0 Å². The van der Waals surface area contributed by atoms with Crippen molar-refractivity contribution in [3.05, 3.63) is 0 Å². The van der Waals surface area contributed by atoms with Crippen LogP contribution in [0.4, 0.5) is 0 Å². The van der Waals surface area contributed by atoms with E-state index in [0.29, 0.717) is 37.5 Å². The Morgan fingerprint density at radius 2 is 0.488 bits per heavy atom. The van der Waals surface area contributed by atoms with Gasteiger partial charge in [-0.3, -0.25) is 37.3 Å². The molecule has 0 aromatic carbocycles. The lowest BCUT2D eigenvalue weighted by molar-refractivity contribution is -0.161. The summed E-state index contributed by atoms with van der Waals surface area (Å²) in [5.74, 6) is 0.766. The summed E-state index contributed by atoms with van der Waals surface area (Å²) in [6.45, 7) is 14.0. The molecule has 5 atom stereocenters. The molecule has 0 aliphatic heterocycles. The molecule has 0 fully saturated rings. The summed E-state index contributed by atoms with van der Waals surface area (Å²) in [4.78, 5) is 72.3. The highest BCUT2D eigenvalue weighted by Gasteiger charge is 2.30. The van der Waals surface area contributed by atoms with E-state index in [-0.39, 0.29) is 25.7 Å². The van der Waals surface area contributed by atoms with Gasteiger partial charge >= 0.3 is 39.5 Å². The number of carbonyl (C=O) groups is 4. The topological polar surface area (TPSA) is 237 Å². The lowest BCUT2D eigenvalue weighted by Crippen LogP contribution is -2.30. The lowest BCUT2D eigenvalue weighted by Gasteiger charge is -2.21. The highest BCUT2D eigenvalue weighted by molar-refractivity contribution is 7.47. The van der Waals surface area contributed by atoms with Crippen molar-refractivity contribution in [1.82, 2.24) is 0 Å². The van der Waals surface area contributed by atoms with E-state index < -0.39 is 97.5 Å². The second-order valence-corrected chi connectivity index (χ2v) is 29.0. The van der Waals surface area contributed by atoms with Crippen molar-refractivity contribution in [3.8, 4) is 0 Å². The molecule has 86 heavy (non-hydrogen) atoms. The molecule has 0 aliphatic carbocycles. The van der Waals surface area contributed by atoms with Gasteiger partial charge < -0.3 is 33.8 Å². The number of rotatable bonds is 64. The molecule has 0 heterocycles. The Morgan fingerprint density at radius 3 is 0.721 bits per heavy atom. The number of carbonyl (C=O) groups excluding carboxylic acids is 4. The van der Waals surface area contributed by atoms with Gasteiger partial charge in [-0.1, -0.05) is 274 Å². The van der Waals surface area contributed by atoms with E-state index in [9.17, 15) is 43.2 Å². The first-order chi connectivity index (χ1) is 41.1. The van der Waals surface area contributed by atoms with Crippen molar-refractivity contribution in [3.63, 3.8) is 0 Å². The third kappa shape index (κ3) is 60.9. The molecule has 0 rings (SSSR count). The van der Waals surface area contributed by atoms with Crippen molar-refractivity contribution < 1.29 is 80.2 Å². The van der Waals surface area contributed by atoms with Crippen molar-refractivity contribution in [2.75, 3.05) is 39.6 Å². The van der Waals surface area contributed by atoms with Gasteiger partial charge in [0.15, 0.2) is 12.2 Å². The highest BCUT2D eigenvalue weighted by Crippen LogP contribution is 2.45. The fourth-order valence-corrected chi connectivity index (χ4v) is 11.5. The third-order valence-electron chi connectivity index (χ3n) is 15.3. The maximum absolute atomic E-state index is 13.0. The standard InChI is InChI=1S/C67H130O17P2/c1-57(2)43-35-27-19-14-10-9-11-16-22-33-41-49-66(71)83-62(53-77-64(69)47-39-31-24-18-21-29-37-45-59(5)6)55-81-85(73,74)79-51-61(68)52-80-86(75,76)82-56-63(54-78-65(70)48-40-32-26-25-30-38-46-60(7)8)84-67(72)50-42-34-23-17-13-12-15-20-28-36-44-58(3)4/h57-63,68H,9-56H2,1-8H3,(H,73,74)(H,75,76)/t61-,62-,63-/m1/s1. The summed E-state index contributed by atoms with van der Waals surface area (Å²) >= 11 is 0. The molecule has 0 amide bonds. The number of phosphoric acid groups is 2. The van der Waals surface area contributed by atoms with Crippen LogP contribution in [0.5, 0.6) is 0 Å². The maximum Gasteiger partial charge on any atom is 0.472 e. The highest BCUT2D eigenvalue weighted by atomic mass is 31.2. The van der Waals surface area contributed by atoms with E-state index in [2.05, 4.69) is 55.4 Å². The molecule has 0 aromatic heterocycles. The number of aliphatic hydroxyl groups excluding tert-OH is 1. The number of esters is 4. The summed E-state index contributed by atoms with van der Waals surface area (Å²) in [5.41, 5.74) is 0. The van der Waals surface area contributed by atoms with Crippen LogP contribution in [-0.2, 0) is 65.4 Å². The molecule has 510 valence electrons. The number of hydrogen-bond donors (Lipinski definition) is 3. The average molecular weight is 1270 g/mol. The van der Waals surface area contributed by atoms with Gasteiger partial charge in [0.1, 0.15) is 19.3 Å². The van der Waals surface area contributed by atoms with E-state index in [1.54, 1.807) is 0 Å². The second-order valence-electron chi connectivity index (χ2n) is 26.1. The minimum absolute atomic E-state index is 0.104. The SMILES string of the molecule is CC(C)CCCCCCCCCCCCCC(=O)O[C@H](COC(=O)CCCCCCCCCC(C)C)COP(=O)(O)OC[C@@H](O)COP(=O)(O)OC[C@@H](COC(=O)CCCCCCCCC(C)C)OC(=O)CCCCCCCCCCCCC(C)C. The molecule has 0 radical (unpaired) electrons. The molecular formula is C67H130O17P2.